The highest BCUT2D eigenvalue weighted by Gasteiger charge is 2.05. The molecule has 0 atom stereocenters. The molecular weight excluding hydrogens is 507 g/mol. The zero-order valence-electron chi connectivity index (χ0n) is 18.5. The predicted molar refractivity (Wildman–Crippen MR) is 135 cm³/mol. The molecule has 0 aliphatic heterocycles. The van der Waals surface area contributed by atoms with Crippen LogP contribution in [-0.2, 0) is 22.6 Å². The van der Waals surface area contributed by atoms with Crippen molar-refractivity contribution in [3.05, 3.63) is 65.7 Å². The molecule has 0 aliphatic rings. The summed E-state index contributed by atoms with van der Waals surface area (Å²) in [5, 5.41) is 6.51. The Kier molecular flexibility index (Phi) is 13.3. The molecule has 2 aromatic rings. The van der Waals surface area contributed by atoms with Gasteiger partial charge in [-0.05, 0) is 29.7 Å². The quantitative estimate of drug-likeness (QED) is 0.199. The standard InChI is InChI=1S/C23H32N4O3.HI/c1-27(2)22(28)17-26-23(24-14-13-19-7-5-4-6-8-19)25-15-16-30-18-20-9-11-21(29-3)12-10-20;/h4-12H,13-18H2,1-3H3,(H2,24,25,26);1H. The first-order valence-corrected chi connectivity index (χ1v) is 10.1. The molecule has 2 rings (SSSR count). The van der Waals surface area contributed by atoms with Crippen molar-refractivity contribution in [3.8, 4) is 5.75 Å². The lowest BCUT2D eigenvalue weighted by Gasteiger charge is -2.14. The van der Waals surface area contributed by atoms with E-state index < -0.39 is 0 Å². The summed E-state index contributed by atoms with van der Waals surface area (Å²) >= 11 is 0. The number of aliphatic imine (C=N–C) groups is 1. The van der Waals surface area contributed by atoms with Gasteiger partial charge in [0.05, 0.1) is 20.3 Å². The molecule has 0 spiro atoms. The first-order chi connectivity index (χ1) is 14.6. The van der Waals surface area contributed by atoms with Gasteiger partial charge in [-0.15, -0.1) is 24.0 Å². The number of guanidine groups is 1. The van der Waals surface area contributed by atoms with Gasteiger partial charge in [-0.25, -0.2) is 4.99 Å². The highest BCUT2D eigenvalue weighted by Crippen LogP contribution is 2.11. The van der Waals surface area contributed by atoms with Crippen molar-refractivity contribution in [2.75, 3.05) is 47.4 Å². The second kappa shape index (κ2) is 15.5. The highest BCUT2D eigenvalue weighted by molar-refractivity contribution is 14.0. The minimum atomic E-state index is -0.0464. The molecule has 0 aromatic heterocycles. The Labute approximate surface area is 202 Å². The SMILES string of the molecule is COc1ccc(COCCNC(=NCC(=O)N(C)C)NCCc2ccccc2)cc1.I. The number of nitrogens with zero attached hydrogens (tertiary/aromatic N) is 2. The van der Waals surface area contributed by atoms with Crippen LogP contribution in [-0.4, -0.2) is 64.2 Å². The fraction of sp³-hybridized carbons (Fsp3) is 0.391. The number of nitrogens with one attached hydrogen (secondary N) is 2. The average molecular weight is 540 g/mol. The molecule has 2 N–H and O–H groups in total. The van der Waals surface area contributed by atoms with Gasteiger partial charge in [-0.1, -0.05) is 42.5 Å². The number of methoxy groups -OCH3 is 1. The molecule has 0 fully saturated rings. The number of hydrogen-bond acceptors (Lipinski definition) is 4. The van der Waals surface area contributed by atoms with Crippen molar-refractivity contribution in [1.82, 2.24) is 15.5 Å². The summed E-state index contributed by atoms with van der Waals surface area (Å²) in [4.78, 5) is 17.8. The summed E-state index contributed by atoms with van der Waals surface area (Å²) in [5.41, 5.74) is 2.33. The van der Waals surface area contributed by atoms with Gasteiger partial charge in [-0.3, -0.25) is 4.79 Å². The van der Waals surface area contributed by atoms with E-state index in [9.17, 15) is 4.79 Å². The molecule has 31 heavy (non-hydrogen) atoms. The monoisotopic (exact) mass is 540 g/mol. The van der Waals surface area contributed by atoms with Crippen LogP contribution in [0.4, 0.5) is 0 Å². The van der Waals surface area contributed by atoms with Gasteiger partial charge >= 0.3 is 0 Å². The Morgan fingerprint density at radius 3 is 2.29 bits per heavy atom. The summed E-state index contributed by atoms with van der Waals surface area (Å²) in [6.45, 7) is 2.45. The zero-order chi connectivity index (χ0) is 21.6. The number of amides is 1. The highest BCUT2D eigenvalue weighted by atomic mass is 127. The lowest BCUT2D eigenvalue weighted by molar-refractivity contribution is -0.127. The maximum absolute atomic E-state index is 11.9. The van der Waals surface area contributed by atoms with Crippen LogP contribution in [0.3, 0.4) is 0 Å². The maximum Gasteiger partial charge on any atom is 0.243 e. The molecule has 0 unspecified atom stereocenters. The molecule has 0 radical (unpaired) electrons. The van der Waals surface area contributed by atoms with E-state index in [1.165, 1.54) is 10.5 Å². The number of hydrogen-bond donors (Lipinski definition) is 2. The van der Waals surface area contributed by atoms with E-state index in [4.69, 9.17) is 9.47 Å². The lowest BCUT2D eigenvalue weighted by atomic mass is 10.1. The van der Waals surface area contributed by atoms with Crippen molar-refractivity contribution in [1.29, 1.82) is 0 Å². The molecular formula is C23H33IN4O3. The van der Waals surface area contributed by atoms with Gasteiger partial charge in [0, 0.05) is 27.2 Å². The number of halogens is 1. The van der Waals surface area contributed by atoms with Crippen molar-refractivity contribution < 1.29 is 14.3 Å². The van der Waals surface area contributed by atoms with Crippen molar-refractivity contribution >= 4 is 35.8 Å². The van der Waals surface area contributed by atoms with E-state index in [1.54, 1.807) is 21.2 Å². The summed E-state index contributed by atoms with van der Waals surface area (Å²) in [6, 6.07) is 18.0. The molecule has 2 aromatic carbocycles. The van der Waals surface area contributed by atoms with Gasteiger partial charge in [-0.2, -0.15) is 0 Å². The van der Waals surface area contributed by atoms with Crippen molar-refractivity contribution in [2.24, 2.45) is 4.99 Å². The number of carbonyl (C=O) groups is 1. The third-order valence-electron chi connectivity index (χ3n) is 4.39. The largest absolute Gasteiger partial charge is 0.497 e. The van der Waals surface area contributed by atoms with E-state index in [1.807, 2.05) is 42.5 Å². The topological polar surface area (TPSA) is 75.2 Å². The molecule has 0 saturated heterocycles. The minimum absolute atomic E-state index is 0. The third-order valence-corrected chi connectivity index (χ3v) is 4.39. The fourth-order valence-corrected chi connectivity index (χ4v) is 2.59. The number of ether oxygens (including phenoxy) is 2. The zero-order valence-corrected chi connectivity index (χ0v) is 20.8. The Morgan fingerprint density at radius 1 is 0.968 bits per heavy atom. The Hall–Kier alpha value is -2.33. The summed E-state index contributed by atoms with van der Waals surface area (Å²) in [7, 11) is 5.10. The van der Waals surface area contributed by atoms with Crippen LogP contribution in [0.5, 0.6) is 5.75 Å². The van der Waals surface area contributed by atoms with Gasteiger partial charge in [0.25, 0.3) is 0 Å². The Bertz CT molecular complexity index is 783. The Morgan fingerprint density at radius 2 is 1.65 bits per heavy atom. The summed E-state index contributed by atoms with van der Waals surface area (Å²) < 4.78 is 10.9. The second-order valence-electron chi connectivity index (χ2n) is 6.94. The van der Waals surface area contributed by atoms with Crippen LogP contribution in [0.2, 0.25) is 0 Å². The average Bonchev–Trinajstić information content (AvgIpc) is 2.77. The molecule has 0 saturated carbocycles. The lowest BCUT2D eigenvalue weighted by Crippen LogP contribution is -2.41. The first-order valence-electron chi connectivity index (χ1n) is 10.1. The maximum atomic E-state index is 11.9. The smallest absolute Gasteiger partial charge is 0.243 e. The fourth-order valence-electron chi connectivity index (χ4n) is 2.59. The molecule has 0 heterocycles. The second-order valence-corrected chi connectivity index (χ2v) is 6.94. The molecule has 170 valence electrons. The molecule has 7 nitrogen and oxygen atoms in total. The van der Waals surface area contributed by atoms with Gasteiger partial charge in [0.2, 0.25) is 5.91 Å². The van der Waals surface area contributed by atoms with Crippen LogP contribution in [0, 0.1) is 0 Å². The Balaban J connectivity index is 0.00000480. The molecule has 1 amide bonds. The number of carbonyl (C=O) groups excluding carboxylic acids is 1. The van der Waals surface area contributed by atoms with Gasteiger partial charge in [0.1, 0.15) is 12.3 Å². The van der Waals surface area contributed by atoms with E-state index in [0.29, 0.717) is 25.7 Å². The molecule has 0 aliphatic carbocycles. The molecule has 8 heteroatoms. The van der Waals surface area contributed by atoms with E-state index in [-0.39, 0.29) is 36.4 Å². The van der Waals surface area contributed by atoms with Gasteiger partial charge < -0.3 is 25.0 Å². The van der Waals surface area contributed by atoms with E-state index in [0.717, 1.165) is 24.3 Å². The molecule has 0 bridgehead atoms. The number of rotatable bonds is 11. The third kappa shape index (κ3) is 11.0. The summed E-state index contributed by atoms with van der Waals surface area (Å²) in [6.07, 6.45) is 0.872. The van der Waals surface area contributed by atoms with Crippen LogP contribution in [0.15, 0.2) is 59.6 Å². The van der Waals surface area contributed by atoms with Crippen LogP contribution >= 0.6 is 24.0 Å². The van der Waals surface area contributed by atoms with Crippen LogP contribution in [0.1, 0.15) is 11.1 Å². The van der Waals surface area contributed by atoms with Crippen LogP contribution in [0.25, 0.3) is 0 Å². The van der Waals surface area contributed by atoms with Crippen LogP contribution < -0.4 is 15.4 Å². The number of benzene rings is 2. The van der Waals surface area contributed by atoms with Crippen molar-refractivity contribution in [2.45, 2.75) is 13.0 Å². The minimum Gasteiger partial charge on any atom is -0.497 e. The van der Waals surface area contributed by atoms with E-state index >= 15 is 0 Å². The van der Waals surface area contributed by atoms with Gasteiger partial charge in [0.15, 0.2) is 5.96 Å². The predicted octanol–water partition coefficient (Wildman–Crippen LogP) is 2.70. The van der Waals surface area contributed by atoms with E-state index in [2.05, 4.69) is 27.8 Å². The van der Waals surface area contributed by atoms with Crippen molar-refractivity contribution in [3.63, 3.8) is 0 Å². The number of likely N-dealkylation sites (N-methyl/N-ethyl adjacent to an activating group) is 1. The first kappa shape index (κ1) is 26.7. The normalized spacial score (nSPS) is 10.7. The summed E-state index contributed by atoms with van der Waals surface area (Å²) in [5.74, 6) is 1.39.